The first-order chi connectivity index (χ1) is 9.47. The Morgan fingerprint density at radius 2 is 1.95 bits per heavy atom. The molecule has 0 radical (unpaired) electrons. The zero-order valence-electron chi connectivity index (χ0n) is 12.9. The molecule has 5 nitrogen and oxygen atoms in total. The van der Waals surface area contributed by atoms with Gasteiger partial charge in [-0.2, -0.15) is 10.2 Å². The molecule has 2 rings (SSSR count). The van der Waals surface area contributed by atoms with Gasteiger partial charge < -0.3 is 0 Å². The Hall–Kier alpha value is -1.91. The van der Waals surface area contributed by atoms with E-state index in [0.29, 0.717) is 6.42 Å². The Balaban J connectivity index is 2.30. The van der Waals surface area contributed by atoms with Crippen molar-refractivity contribution in [1.29, 1.82) is 0 Å². The van der Waals surface area contributed by atoms with Crippen LogP contribution in [0.4, 0.5) is 0 Å². The van der Waals surface area contributed by atoms with Gasteiger partial charge in [-0.1, -0.05) is 6.92 Å². The Morgan fingerprint density at radius 3 is 2.45 bits per heavy atom. The summed E-state index contributed by atoms with van der Waals surface area (Å²) in [4.78, 5) is 12.5. The molecule has 5 heteroatoms. The smallest absolute Gasteiger partial charge is 0.172 e. The molecule has 0 spiro atoms. The van der Waals surface area contributed by atoms with E-state index in [-0.39, 0.29) is 5.78 Å². The molecule has 2 aromatic heterocycles. The molecule has 0 fully saturated rings. The van der Waals surface area contributed by atoms with Crippen LogP contribution in [0.2, 0.25) is 0 Å². The van der Waals surface area contributed by atoms with Gasteiger partial charge in [-0.05, 0) is 33.3 Å². The predicted octanol–water partition coefficient (Wildman–Crippen LogP) is 2.24. The summed E-state index contributed by atoms with van der Waals surface area (Å²) in [7, 11) is 1.87. The van der Waals surface area contributed by atoms with Crippen molar-refractivity contribution >= 4 is 5.78 Å². The molecular formula is C15H22N4O. The lowest BCUT2D eigenvalue weighted by atomic mass is 10.0. The number of hydrogen-bond acceptors (Lipinski definition) is 3. The summed E-state index contributed by atoms with van der Waals surface area (Å²) in [6, 6.07) is 2.03. The summed E-state index contributed by atoms with van der Waals surface area (Å²) in [6.45, 7) is 8.72. The number of nitrogens with zero attached hydrogens (tertiary/aromatic N) is 4. The summed E-state index contributed by atoms with van der Waals surface area (Å²) in [5.74, 6) is 0.116. The molecule has 0 saturated heterocycles. The molecule has 2 heterocycles. The predicted molar refractivity (Wildman–Crippen MR) is 78.0 cm³/mol. The van der Waals surface area contributed by atoms with Gasteiger partial charge in [-0.15, -0.1) is 0 Å². The fraction of sp³-hybridized carbons (Fsp3) is 0.533. The van der Waals surface area contributed by atoms with Crippen LogP contribution >= 0.6 is 0 Å². The minimum Gasteiger partial charge on any atom is -0.294 e. The fourth-order valence-electron chi connectivity index (χ4n) is 2.53. The Bertz CT molecular complexity index is 637. The summed E-state index contributed by atoms with van der Waals surface area (Å²) in [5.41, 5.74) is 4.49. The summed E-state index contributed by atoms with van der Waals surface area (Å²) < 4.78 is 3.68. The summed E-state index contributed by atoms with van der Waals surface area (Å²) in [6.07, 6.45) is 1.27. The monoisotopic (exact) mass is 274 g/mol. The van der Waals surface area contributed by atoms with Crippen LogP contribution in [0, 0.1) is 13.8 Å². The number of aryl methyl sites for hydroxylation is 4. The minimum atomic E-state index is 0.116. The molecule has 0 aliphatic heterocycles. The average Bonchev–Trinajstić information content (AvgIpc) is 2.91. The van der Waals surface area contributed by atoms with E-state index < -0.39 is 0 Å². The van der Waals surface area contributed by atoms with Gasteiger partial charge in [0.25, 0.3) is 0 Å². The highest BCUT2D eigenvalue weighted by atomic mass is 16.1. The maximum Gasteiger partial charge on any atom is 0.172 e. The third-order valence-corrected chi connectivity index (χ3v) is 3.71. The molecule has 0 saturated carbocycles. The third kappa shape index (κ3) is 2.53. The first-order valence-corrected chi connectivity index (χ1v) is 7.06. The topological polar surface area (TPSA) is 52.7 Å². The van der Waals surface area contributed by atoms with Gasteiger partial charge in [0.1, 0.15) is 0 Å². The fourth-order valence-corrected chi connectivity index (χ4v) is 2.53. The highest BCUT2D eigenvalue weighted by molar-refractivity contribution is 5.99. The molecule has 0 bridgehead atoms. The van der Waals surface area contributed by atoms with Crippen molar-refractivity contribution in [3.8, 4) is 0 Å². The normalized spacial score (nSPS) is 11.1. The van der Waals surface area contributed by atoms with E-state index in [2.05, 4.69) is 17.1 Å². The van der Waals surface area contributed by atoms with E-state index in [0.717, 1.165) is 41.3 Å². The molecule has 0 aromatic carbocycles. The van der Waals surface area contributed by atoms with Crippen molar-refractivity contribution in [2.45, 2.75) is 47.1 Å². The lowest BCUT2D eigenvalue weighted by molar-refractivity contribution is 0.0989. The molecule has 2 aromatic rings. The molecule has 108 valence electrons. The third-order valence-electron chi connectivity index (χ3n) is 3.71. The highest BCUT2D eigenvalue weighted by Crippen LogP contribution is 2.16. The molecule has 0 unspecified atom stereocenters. The van der Waals surface area contributed by atoms with Gasteiger partial charge >= 0.3 is 0 Å². The minimum absolute atomic E-state index is 0.116. The number of rotatable bonds is 5. The molecule has 0 amide bonds. The lowest BCUT2D eigenvalue weighted by Crippen LogP contribution is -2.11. The molecule has 0 N–H and O–H groups in total. The van der Waals surface area contributed by atoms with Crippen LogP contribution in [0.15, 0.2) is 6.07 Å². The van der Waals surface area contributed by atoms with E-state index in [9.17, 15) is 4.79 Å². The van der Waals surface area contributed by atoms with Crippen molar-refractivity contribution in [2.24, 2.45) is 7.05 Å². The van der Waals surface area contributed by atoms with Gasteiger partial charge in [-0.3, -0.25) is 14.2 Å². The first kappa shape index (κ1) is 14.5. The summed E-state index contributed by atoms with van der Waals surface area (Å²) in [5, 5.41) is 8.80. The lowest BCUT2D eigenvalue weighted by Gasteiger charge is -2.04. The van der Waals surface area contributed by atoms with E-state index >= 15 is 0 Å². The second-order valence-corrected chi connectivity index (χ2v) is 5.07. The van der Waals surface area contributed by atoms with Gasteiger partial charge in [0.15, 0.2) is 5.78 Å². The van der Waals surface area contributed by atoms with E-state index in [1.54, 1.807) is 4.68 Å². The van der Waals surface area contributed by atoms with Crippen LogP contribution in [0.3, 0.4) is 0 Å². The Kier molecular flexibility index (Phi) is 4.06. The number of aromatic nitrogens is 4. The maximum atomic E-state index is 12.5. The van der Waals surface area contributed by atoms with Crippen LogP contribution in [0.5, 0.6) is 0 Å². The number of carbonyl (C=O) groups excluding carboxylic acids is 1. The number of carbonyl (C=O) groups is 1. The van der Waals surface area contributed by atoms with Crippen molar-refractivity contribution in [3.63, 3.8) is 0 Å². The van der Waals surface area contributed by atoms with Crippen LogP contribution in [-0.2, 0) is 26.4 Å². The first-order valence-electron chi connectivity index (χ1n) is 7.06. The number of ketones is 1. The van der Waals surface area contributed by atoms with Gasteiger partial charge in [0.05, 0.1) is 23.4 Å². The standard InChI is InChI=1S/C15H22N4O/c1-6-12-8-13(19(7-2)17-12)9-14(20)15-10(3)16-18(5)11(15)4/h8H,6-7,9H2,1-5H3. The van der Waals surface area contributed by atoms with Crippen molar-refractivity contribution in [2.75, 3.05) is 0 Å². The maximum absolute atomic E-state index is 12.5. The quantitative estimate of drug-likeness (QED) is 0.786. The van der Waals surface area contributed by atoms with Gasteiger partial charge in [-0.25, -0.2) is 0 Å². The molecule has 20 heavy (non-hydrogen) atoms. The van der Waals surface area contributed by atoms with Gasteiger partial charge in [0, 0.05) is 25.0 Å². The second-order valence-electron chi connectivity index (χ2n) is 5.07. The largest absolute Gasteiger partial charge is 0.294 e. The van der Waals surface area contributed by atoms with Crippen molar-refractivity contribution < 1.29 is 4.79 Å². The molecule has 0 atom stereocenters. The SMILES string of the molecule is CCc1cc(CC(=O)c2c(C)nn(C)c2C)n(CC)n1. The van der Waals surface area contributed by atoms with Crippen LogP contribution in [0.25, 0.3) is 0 Å². The number of Topliss-reactive ketones (excluding diaryl/α,β-unsaturated/α-hetero) is 1. The van der Waals surface area contributed by atoms with Crippen molar-refractivity contribution in [3.05, 3.63) is 34.4 Å². The Morgan fingerprint density at radius 1 is 1.25 bits per heavy atom. The second kappa shape index (κ2) is 5.61. The van der Waals surface area contributed by atoms with Crippen LogP contribution in [0.1, 0.15) is 47.0 Å². The molecular weight excluding hydrogens is 252 g/mol. The summed E-state index contributed by atoms with van der Waals surface area (Å²) >= 11 is 0. The van der Waals surface area contributed by atoms with Gasteiger partial charge in [0.2, 0.25) is 0 Å². The van der Waals surface area contributed by atoms with E-state index in [1.165, 1.54) is 0 Å². The zero-order valence-corrected chi connectivity index (χ0v) is 12.9. The van der Waals surface area contributed by atoms with Crippen LogP contribution < -0.4 is 0 Å². The van der Waals surface area contributed by atoms with E-state index in [1.807, 2.05) is 38.6 Å². The molecule has 0 aliphatic carbocycles. The average molecular weight is 274 g/mol. The highest BCUT2D eigenvalue weighted by Gasteiger charge is 2.19. The zero-order chi connectivity index (χ0) is 14.9. The molecule has 0 aliphatic rings. The Labute approximate surface area is 119 Å². The number of hydrogen-bond donors (Lipinski definition) is 0. The van der Waals surface area contributed by atoms with E-state index in [4.69, 9.17) is 0 Å². The van der Waals surface area contributed by atoms with Crippen LogP contribution in [-0.4, -0.2) is 25.3 Å². The van der Waals surface area contributed by atoms with Crippen molar-refractivity contribution in [1.82, 2.24) is 19.6 Å².